The topological polar surface area (TPSA) is 40.5 Å². The van der Waals surface area contributed by atoms with E-state index >= 15 is 0 Å². The molecule has 1 aromatic carbocycles. The minimum absolute atomic E-state index is 0.0411. The SMILES string of the molecule is O=C(C1CC1C1CC1)N(CCO)Cc1ccccc1. The van der Waals surface area contributed by atoms with Gasteiger partial charge in [-0.25, -0.2) is 0 Å². The zero-order valence-electron chi connectivity index (χ0n) is 11.2. The molecule has 2 saturated carbocycles. The predicted molar refractivity (Wildman–Crippen MR) is 73.3 cm³/mol. The third-order valence-corrected chi connectivity index (χ3v) is 4.28. The van der Waals surface area contributed by atoms with Crippen molar-refractivity contribution in [3.05, 3.63) is 35.9 Å². The molecule has 2 aliphatic rings. The van der Waals surface area contributed by atoms with Gasteiger partial charge in [-0.2, -0.15) is 0 Å². The maximum Gasteiger partial charge on any atom is 0.226 e. The van der Waals surface area contributed by atoms with E-state index in [0.29, 0.717) is 19.0 Å². The maximum atomic E-state index is 12.5. The highest BCUT2D eigenvalue weighted by atomic mass is 16.3. The van der Waals surface area contributed by atoms with Gasteiger partial charge in [-0.3, -0.25) is 4.79 Å². The van der Waals surface area contributed by atoms with E-state index in [4.69, 9.17) is 5.11 Å². The fraction of sp³-hybridized carbons (Fsp3) is 0.562. The lowest BCUT2D eigenvalue weighted by Gasteiger charge is -2.22. The molecule has 2 fully saturated rings. The second-order valence-electron chi connectivity index (χ2n) is 5.81. The van der Waals surface area contributed by atoms with Crippen LogP contribution in [0.25, 0.3) is 0 Å². The molecule has 102 valence electrons. The van der Waals surface area contributed by atoms with Gasteiger partial charge in [0.15, 0.2) is 0 Å². The normalized spacial score (nSPS) is 25.1. The summed E-state index contributed by atoms with van der Waals surface area (Å²) in [6, 6.07) is 10.0. The predicted octanol–water partition coefficient (Wildman–Crippen LogP) is 2.05. The van der Waals surface area contributed by atoms with Gasteiger partial charge < -0.3 is 10.0 Å². The van der Waals surface area contributed by atoms with Crippen LogP contribution in [0.2, 0.25) is 0 Å². The molecule has 19 heavy (non-hydrogen) atoms. The molecule has 0 spiro atoms. The molecular weight excluding hydrogens is 238 g/mol. The Morgan fingerprint density at radius 1 is 1.26 bits per heavy atom. The summed E-state index contributed by atoms with van der Waals surface area (Å²) in [5, 5.41) is 9.16. The van der Waals surface area contributed by atoms with Gasteiger partial charge in [0, 0.05) is 19.0 Å². The van der Waals surface area contributed by atoms with Crippen molar-refractivity contribution in [1.82, 2.24) is 4.90 Å². The van der Waals surface area contributed by atoms with E-state index in [-0.39, 0.29) is 18.4 Å². The van der Waals surface area contributed by atoms with Crippen LogP contribution >= 0.6 is 0 Å². The number of hydrogen-bond donors (Lipinski definition) is 1. The average Bonchev–Trinajstić information content (AvgIpc) is 3.29. The number of carbonyl (C=O) groups excluding carboxylic acids is 1. The van der Waals surface area contributed by atoms with Crippen LogP contribution in [0, 0.1) is 17.8 Å². The number of aliphatic hydroxyl groups excluding tert-OH is 1. The van der Waals surface area contributed by atoms with E-state index in [1.165, 1.54) is 12.8 Å². The van der Waals surface area contributed by atoms with E-state index < -0.39 is 0 Å². The summed E-state index contributed by atoms with van der Waals surface area (Å²) in [4.78, 5) is 14.3. The molecule has 3 heteroatoms. The second-order valence-corrected chi connectivity index (χ2v) is 5.81. The molecule has 1 amide bonds. The Balaban J connectivity index is 1.61. The van der Waals surface area contributed by atoms with Gasteiger partial charge in [-0.1, -0.05) is 30.3 Å². The number of amides is 1. The van der Waals surface area contributed by atoms with Gasteiger partial charge in [0.1, 0.15) is 0 Å². The molecule has 1 aromatic rings. The average molecular weight is 259 g/mol. The summed E-state index contributed by atoms with van der Waals surface area (Å²) in [5.74, 6) is 1.95. The summed E-state index contributed by atoms with van der Waals surface area (Å²) < 4.78 is 0. The Morgan fingerprint density at radius 2 is 2.00 bits per heavy atom. The lowest BCUT2D eigenvalue weighted by atomic mass is 10.1. The quantitative estimate of drug-likeness (QED) is 0.849. The molecule has 2 unspecified atom stereocenters. The van der Waals surface area contributed by atoms with Gasteiger partial charge in [-0.05, 0) is 36.7 Å². The highest BCUT2D eigenvalue weighted by molar-refractivity contribution is 5.81. The van der Waals surface area contributed by atoms with Crippen molar-refractivity contribution < 1.29 is 9.90 Å². The van der Waals surface area contributed by atoms with Crippen LogP contribution in [-0.2, 0) is 11.3 Å². The van der Waals surface area contributed by atoms with Crippen LogP contribution in [-0.4, -0.2) is 29.1 Å². The van der Waals surface area contributed by atoms with Crippen LogP contribution in [0.3, 0.4) is 0 Å². The van der Waals surface area contributed by atoms with Gasteiger partial charge >= 0.3 is 0 Å². The number of nitrogens with zero attached hydrogens (tertiary/aromatic N) is 1. The first-order valence-corrected chi connectivity index (χ1v) is 7.23. The van der Waals surface area contributed by atoms with Crippen LogP contribution < -0.4 is 0 Å². The van der Waals surface area contributed by atoms with Crippen LogP contribution in [0.4, 0.5) is 0 Å². The summed E-state index contributed by atoms with van der Waals surface area (Å²) in [5.41, 5.74) is 1.13. The summed E-state index contributed by atoms with van der Waals surface area (Å²) in [6.45, 7) is 1.11. The third-order valence-electron chi connectivity index (χ3n) is 4.28. The van der Waals surface area contributed by atoms with Crippen molar-refractivity contribution in [3.63, 3.8) is 0 Å². The summed E-state index contributed by atoms with van der Waals surface area (Å²) >= 11 is 0. The molecule has 3 nitrogen and oxygen atoms in total. The Morgan fingerprint density at radius 3 is 2.63 bits per heavy atom. The van der Waals surface area contributed by atoms with Crippen LogP contribution in [0.5, 0.6) is 0 Å². The van der Waals surface area contributed by atoms with Crippen molar-refractivity contribution in [2.24, 2.45) is 17.8 Å². The van der Waals surface area contributed by atoms with Crippen LogP contribution in [0.1, 0.15) is 24.8 Å². The fourth-order valence-corrected chi connectivity index (χ4v) is 2.97. The van der Waals surface area contributed by atoms with Crippen molar-refractivity contribution in [1.29, 1.82) is 0 Å². The summed E-state index contributed by atoms with van der Waals surface area (Å²) in [6.07, 6.45) is 3.69. The number of benzene rings is 1. The molecule has 0 bridgehead atoms. The lowest BCUT2D eigenvalue weighted by molar-refractivity contribution is -0.134. The van der Waals surface area contributed by atoms with E-state index in [1.54, 1.807) is 0 Å². The van der Waals surface area contributed by atoms with Gasteiger partial charge in [0.2, 0.25) is 5.91 Å². The van der Waals surface area contributed by atoms with Crippen LogP contribution in [0.15, 0.2) is 30.3 Å². The fourth-order valence-electron chi connectivity index (χ4n) is 2.97. The molecule has 1 N–H and O–H groups in total. The van der Waals surface area contributed by atoms with Crippen molar-refractivity contribution in [2.45, 2.75) is 25.8 Å². The minimum atomic E-state index is 0.0411. The first-order valence-electron chi connectivity index (χ1n) is 7.23. The Bertz CT molecular complexity index is 441. The van der Waals surface area contributed by atoms with E-state index in [2.05, 4.69) is 0 Å². The Labute approximate surface area is 114 Å². The molecule has 0 aromatic heterocycles. The van der Waals surface area contributed by atoms with Crippen molar-refractivity contribution in [3.8, 4) is 0 Å². The Hall–Kier alpha value is -1.35. The molecular formula is C16H21NO2. The zero-order valence-corrected chi connectivity index (χ0v) is 11.2. The van der Waals surface area contributed by atoms with E-state index in [1.807, 2.05) is 35.2 Å². The first kappa shape index (κ1) is 12.7. The number of hydrogen-bond acceptors (Lipinski definition) is 2. The number of carbonyl (C=O) groups is 1. The minimum Gasteiger partial charge on any atom is -0.395 e. The van der Waals surface area contributed by atoms with Gasteiger partial charge in [0.25, 0.3) is 0 Å². The maximum absolute atomic E-state index is 12.5. The molecule has 2 atom stereocenters. The van der Waals surface area contributed by atoms with Crippen molar-refractivity contribution >= 4 is 5.91 Å². The molecule has 0 saturated heterocycles. The highest BCUT2D eigenvalue weighted by Gasteiger charge is 2.52. The first-order chi connectivity index (χ1) is 9.29. The van der Waals surface area contributed by atoms with E-state index in [9.17, 15) is 4.79 Å². The lowest BCUT2D eigenvalue weighted by Crippen LogP contribution is -2.34. The van der Waals surface area contributed by atoms with Gasteiger partial charge in [-0.15, -0.1) is 0 Å². The number of aliphatic hydroxyl groups is 1. The largest absolute Gasteiger partial charge is 0.395 e. The second kappa shape index (κ2) is 5.33. The Kier molecular flexibility index (Phi) is 3.56. The molecule has 0 radical (unpaired) electrons. The smallest absolute Gasteiger partial charge is 0.226 e. The molecule has 2 aliphatic carbocycles. The summed E-state index contributed by atoms with van der Waals surface area (Å²) in [7, 11) is 0. The monoisotopic (exact) mass is 259 g/mol. The van der Waals surface area contributed by atoms with E-state index in [0.717, 1.165) is 17.9 Å². The van der Waals surface area contributed by atoms with Crippen molar-refractivity contribution in [2.75, 3.05) is 13.2 Å². The zero-order chi connectivity index (χ0) is 13.2. The molecule has 3 rings (SSSR count). The number of rotatable bonds is 6. The molecule has 0 aliphatic heterocycles. The third kappa shape index (κ3) is 2.98. The highest BCUT2D eigenvalue weighted by Crippen LogP contribution is 2.54. The van der Waals surface area contributed by atoms with Gasteiger partial charge in [0.05, 0.1) is 6.61 Å². The standard InChI is InChI=1S/C16H21NO2/c18-9-8-17(11-12-4-2-1-3-5-12)16(19)15-10-14(15)13-6-7-13/h1-5,13-15,18H,6-11H2. The molecule has 0 heterocycles.